The van der Waals surface area contributed by atoms with Gasteiger partial charge in [0.2, 0.25) is 4.93 Å². The summed E-state index contributed by atoms with van der Waals surface area (Å²) in [6.45, 7) is 5.00. The quantitative estimate of drug-likeness (QED) is 0.119. The van der Waals surface area contributed by atoms with Gasteiger partial charge < -0.3 is 29.0 Å². The van der Waals surface area contributed by atoms with Gasteiger partial charge in [-0.3, -0.25) is 24.0 Å². The lowest BCUT2D eigenvalue weighted by molar-refractivity contribution is -0.206. The summed E-state index contributed by atoms with van der Waals surface area (Å²) < 4.78 is 27.4. The minimum Gasteiger partial charge on any atom is -0.460 e. The molecule has 0 bridgehead atoms. The van der Waals surface area contributed by atoms with Crippen LogP contribution in [0, 0.1) is 18.3 Å². The van der Waals surface area contributed by atoms with E-state index in [0.29, 0.717) is 4.90 Å². The topological polar surface area (TPSA) is 216 Å². The van der Waals surface area contributed by atoms with E-state index in [1.54, 1.807) is 12.1 Å². The van der Waals surface area contributed by atoms with Crippen LogP contribution in [0.3, 0.4) is 0 Å². The SMILES string of the molecule is CC(=O)OCC(=O)N[C@H]1[C@H]([C@H](OC(C)=O)[C@@H](CN=[N+]=[N-])OC(C)=O)O[C@@](C#N)(Sc2ccc(C)cc2)C[C@@H]1OC(C)=O. The maximum atomic E-state index is 12.8. The molecule has 1 aliphatic rings. The molecule has 15 nitrogen and oxygen atoms in total. The van der Waals surface area contributed by atoms with Crippen LogP contribution < -0.4 is 5.32 Å². The first-order chi connectivity index (χ1) is 19.8. The van der Waals surface area contributed by atoms with E-state index in [-0.39, 0.29) is 6.42 Å². The van der Waals surface area contributed by atoms with E-state index in [2.05, 4.69) is 21.4 Å². The number of amides is 1. The van der Waals surface area contributed by atoms with Gasteiger partial charge in [-0.25, -0.2) is 0 Å². The molecule has 226 valence electrons. The van der Waals surface area contributed by atoms with Crippen molar-refractivity contribution in [3.63, 3.8) is 0 Å². The molecule has 42 heavy (non-hydrogen) atoms. The van der Waals surface area contributed by atoms with Crippen LogP contribution in [0.2, 0.25) is 0 Å². The van der Waals surface area contributed by atoms with Crippen molar-refractivity contribution in [3.8, 4) is 6.07 Å². The summed E-state index contributed by atoms with van der Waals surface area (Å²) in [5, 5.41) is 16.4. The molecule has 16 heteroatoms. The fraction of sp³-hybridized carbons (Fsp3) is 0.538. The number of carbonyl (C=O) groups is 5. The van der Waals surface area contributed by atoms with Crippen molar-refractivity contribution in [2.24, 2.45) is 5.11 Å². The molecule has 1 heterocycles. The van der Waals surface area contributed by atoms with E-state index in [1.807, 2.05) is 19.1 Å². The molecular formula is C26H31N5O10S. The van der Waals surface area contributed by atoms with Crippen molar-refractivity contribution >= 4 is 41.5 Å². The predicted octanol–water partition coefficient (Wildman–Crippen LogP) is 2.25. The number of hydrogen-bond donors (Lipinski definition) is 1. The molecule has 0 spiro atoms. The van der Waals surface area contributed by atoms with E-state index < -0.39 is 78.3 Å². The summed E-state index contributed by atoms with van der Waals surface area (Å²) in [5.41, 5.74) is 9.88. The Labute approximate surface area is 245 Å². The summed E-state index contributed by atoms with van der Waals surface area (Å²) in [6.07, 6.45) is -6.07. The Kier molecular flexibility index (Phi) is 12.6. The fourth-order valence-electron chi connectivity index (χ4n) is 4.16. The third-order valence-corrected chi connectivity index (χ3v) is 6.90. The Bertz CT molecular complexity index is 1260. The Morgan fingerprint density at radius 3 is 2.29 bits per heavy atom. The Morgan fingerprint density at radius 2 is 1.76 bits per heavy atom. The highest BCUT2D eigenvalue weighted by molar-refractivity contribution is 8.00. The van der Waals surface area contributed by atoms with Gasteiger partial charge in [0, 0.05) is 43.9 Å². The average Bonchev–Trinajstić information content (AvgIpc) is 2.90. The zero-order chi connectivity index (χ0) is 31.4. The summed E-state index contributed by atoms with van der Waals surface area (Å²) in [5.74, 6) is -4.03. The predicted molar refractivity (Wildman–Crippen MR) is 144 cm³/mol. The molecule has 6 atom stereocenters. The van der Waals surface area contributed by atoms with E-state index in [9.17, 15) is 29.2 Å². The molecular weight excluding hydrogens is 574 g/mol. The summed E-state index contributed by atoms with van der Waals surface area (Å²) >= 11 is 0.983. The summed E-state index contributed by atoms with van der Waals surface area (Å²) in [7, 11) is 0. The Morgan fingerprint density at radius 1 is 1.12 bits per heavy atom. The molecule has 0 unspecified atom stereocenters. The van der Waals surface area contributed by atoms with Gasteiger partial charge in [0.05, 0.1) is 12.6 Å². The second-order valence-electron chi connectivity index (χ2n) is 9.22. The number of hydrogen-bond acceptors (Lipinski definition) is 13. The van der Waals surface area contributed by atoms with Gasteiger partial charge in [-0.2, -0.15) is 5.26 Å². The zero-order valence-corrected chi connectivity index (χ0v) is 24.4. The molecule has 1 saturated heterocycles. The van der Waals surface area contributed by atoms with Gasteiger partial charge in [0.15, 0.2) is 12.7 Å². The van der Waals surface area contributed by atoms with E-state index in [4.69, 9.17) is 29.2 Å². The van der Waals surface area contributed by atoms with Crippen molar-refractivity contribution in [1.29, 1.82) is 5.26 Å². The van der Waals surface area contributed by atoms with Crippen LogP contribution in [0.4, 0.5) is 0 Å². The average molecular weight is 606 g/mol. The van der Waals surface area contributed by atoms with E-state index in [0.717, 1.165) is 45.0 Å². The first-order valence-corrected chi connectivity index (χ1v) is 13.4. The lowest BCUT2D eigenvalue weighted by atomic mass is 9.89. The molecule has 0 saturated carbocycles. The normalized spacial score (nSPS) is 22.6. The van der Waals surface area contributed by atoms with Crippen molar-refractivity contribution < 1.29 is 47.7 Å². The molecule has 1 aromatic carbocycles. The van der Waals surface area contributed by atoms with E-state index in [1.165, 1.54) is 0 Å². The number of nitriles is 1. The molecule has 1 aliphatic heterocycles. The maximum Gasteiger partial charge on any atom is 0.303 e. The fourth-order valence-corrected chi connectivity index (χ4v) is 5.26. The number of nitrogens with one attached hydrogen (secondary N) is 1. The highest BCUT2D eigenvalue weighted by atomic mass is 32.2. The highest BCUT2D eigenvalue weighted by Gasteiger charge is 2.55. The number of ether oxygens (including phenoxy) is 5. The van der Waals surface area contributed by atoms with Crippen LogP contribution in [-0.2, 0) is 47.7 Å². The van der Waals surface area contributed by atoms with E-state index >= 15 is 0 Å². The van der Waals surface area contributed by atoms with Crippen LogP contribution in [0.5, 0.6) is 0 Å². The van der Waals surface area contributed by atoms with Gasteiger partial charge in [0.25, 0.3) is 5.91 Å². The summed E-state index contributed by atoms with van der Waals surface area (Å²) in [6, 6.07) is 7.89. The monoisotopic (exact) mass is 605 g/mol. The first kappa shape index (κ1) is 33.9. The van der Waals surface area contributed by atoms with Crippen molar-refractivity contribution in [2.45, 2.75) is 81.3 Å². The second kappa shape index (κ2) is 15.6. The maximum absolute atomic E-state index is 12.8. The molecule has 1 aromatic rings. The van der Waals surface area contributed by atoms with Crippen LogP contribution in [0.1, 0.15) is 39.7 Å². The number of thioether (sulfide) groups is 1. The molecule has 1 N–H and O–H groups in total. The minimum absolute atomic E-state index is 0.266. The number of rotatable bonds is 12. The lowest BCUT2D eigenvalue weighted by Gasteiger charge is -2.47. The molecule has 0 radical (unpaired) electrons. The van der Waals surface area contributed by atoms with Gasteiger partial charge >= 0.3 is 23.9 Å². The molecule has 2 rings (SSSR count). The third kappa shape index (κ3) is 10.3. The lowest BCUT2D eigenvalue weighted by Crippen LogP contribution is -2.66. The van der Waals surface area contributed by atoms with Crippen LogP contribution in [-0.4, -0.2) is 78.3 Å². The Balaban J connectivity index is 2.70. The number of azide groups is 1. The number of benzene rings is 1. The van der Waals surface area contributed by atoms with Crippen molar-refractivity contribution in [2.75, 3.05) is 13.2 Å². The molecule has 1 fully saturated rings. The smallest absolute Gasteiger partial charge is 0.303 e. The standard InChI is InChI=1S/C26H31N5O10S/c1-14-6-8-19(9-7-14)42-26(13-27)10-20(38-16(3)33)23(30-22(36)12-37-15(2)32)25(41-26)24(40-18(5)35)21(11-29-31-28)39-17(4)34/h6-9,20-21,23-25H,10-12H2,1-5H3,(H,30,36)/t20-,21+,23+,24+,25+,26+/m0/s1. The van der Waals surface area contributed by atoms with Gasteiger partial charge in [-0.05, 0) is 24.6 Å². The minimum atomic E-state index is -1.78. The number of esters is 4. The van der Waals surface area contributed by atoms with Crippen LogP contribution in [0.15, 0.2) is 34.3 Å². The molecule has 0 aromatic heterocycles. The second-order valence-corrected chi connectivity index (χ2v) is 10.6. The van der Waals surface area contributed by atoms with Crippen LogP contribution in [0.25, 0.3) is 10.4 Å². The zero-order valence-electron chi connectivity index (χ0n) is 23.6. The van der Waals surface area contributed by atoms with Crippen molar-refractivity contribution in [3.05, 3.63) is 40.3 Å². The summed E-state index contributed by atoms with van der Waals surface area (Å²) in [4.78, 5) is 62.0. The largest absolute Gasteiger partial charge is 0.460 e. The number of carbonyl (C=O) groups excluding carboxylic acids is 5. The van der Waals surface area contributed by atoms with Gasteiger partial charge in [0.1, 0.15) is 24.4 Å². The van der Waals surface area contributed by atoms with Crippen molar-refractivity contribution in [1.82, 2.24) is 5.32 Å². The number of nitrogens with zero attached hydrogens (tertiary/aromatic N) is 4. The molecule has 1 amide bonds. The van der Waals surface area contributed by atoms with Crippen LogP contribution >= 0.6 is 11.8 Å². The highest BCUT2D eigenvalue weighted by Crippen LogP contribution is 2.44. The first-order valence-electron chi connectivity index (χ1n) is 12.6. The Hall–Kier alpha value is -4.32. The van der Waals surface area contributed by atoms with Gasteiger partial charge in [-0.1, -0.05) is 34.6 Å². The van der Waals surface area contributed by atoms with Gasteiger partial charge in [-0.15, -0.1) is 0 Å². The molecule has 0 aliphatic carbocycles. The third-order valence-electron chi connectivity index (χ3n) is 5.71. The number of aryl methyl sites for hydroxylation is 1.